The molecule has 5 nitrogen and oxygen atoms in total. The average Bonchev–Trinajstić information content (AvgIpc) is 2.82. The second-order valence-electron chi connectivity index (χ2n) is 6.02. The summed E-state index contributed by atoms with van der Waals surface area (Å²) in [6.45, 7) is 2.97. The highest BCUT2D eigenvalue weighted by Gasteiger charge is 2.67. The Bertz CT molecular complexity index is 612. The van der Waals surface area contributed by atoms with E-state index in [1.54, 1.807) is 12.3 Å². The van der Waals surface area contributed by atoms with Crippen LogP contribution in [0.4, 0.5) is 13.6 Å². The number of alkyl halides is 2. The second kappa shape index (κ2) is 5.04. The average molecular weight is 377 g/mol. The van der Waals surface area contributed by atoms with Crippen molar-refractivity contribution in [3.63, 3.8) is 0 Å². The number of pyridine rings is 1. The fraction of sp³-hybridized carbons (Fsp3) is 0.571. The Morgan fingerprint density at radius 1 is 1.55 bits per heavy atom. The second-order valence-corrected chi connectivity index (χ2v) is 6.87. The van der Waals surface area contributed by atoms with Crippen LogP contribution >= 0.6 is 15.9 Å². The van der Waals surface area contributed by atoms with Crippen molar-refractivity contribution in [1.82, 2.24) is 9.88 Å². The molecule has 0 bridgehead atoms. The molecule has 0 N–H and O–H groups in total. The Morgan fingerprint density at radius 3 is 2.95 bits per heavy atom. The fourth-order valence-corrected chi connectivity index (χ4v) is 3.50. The first-order valence-electron chi connectivity index (χ1n) is 6.84. The van der Waals surface area contributed by atoms with Gasteiger partial charge in [0.2, 0.25) is 0 Å². The smallest absolute Gasteiger partial charge is 0.411 e. The van der Waals surface area contributed by atoms with E-state index in [4.69, 9.17) is 9.47 Å². The van der Waals surface area contributed by atoms with Crippen LogP contribution in [-0.2, 0) is 4.74 Å². The van der Waals surface area contributed by atoms with Crippen LogP contribution < -0.4 is 4.74 Å². The summed E-state index contributed by atoms with van der Waals surface area (Å²) in [5.74, 6) is -2.56. The summed E-state index contributed by atoms with van der Waals surface area (Å²) in [6.07, 6.45) is 1.91. The Kier molecular flexibility index (Phi) is 3.54. The van der Waals surface area contributed by atoms with Crippen LogP contribution in [0.5, 0.6) is 5.75 Å². The van der Waals surface area contributed by atoms with Crippen molar-refractivity contribution in [3.8, 4) is 5.75 Å². The predicted molar refractivity (Wildman–Crippen MR) is 77.0 cm³/mol. The van der Waals surface area contributed by atoms with Crippen molar-refractivity contribution >= 4 is 22.0 Å². The van der Waals surface area contributed by atoms with Crippen LogP contribution in [0.25, 0.3) is 0 Å². The van der Waals surface area contributed by atoms with Gasteiger partial charge in [-0.2, -0.15) is 0 Å². The summed E-state index contributed by atoms with van der Waals surface area (Å²) in [5.41, 5.74) is -1.22. The molecule has 0 spiro atoms. The third kappa shape index (κ3) is 2.43. The van der Waals surface area contributed by atoms with Gasteiger partial charge in [0.25, 0.3) is 5.92 Å². The quantitative estimate of drug-likeness (QED) is 0.812. The minimum Gasteiger partial charge on any atom is -0.489 e. The van der Waals surface area contributed by atoms with Crippen molar-refractivity contribution in [2.24, 2.45) is 0 Å². The van der Waals surface area contributed by atoms with E-state index >= 15 is 0 Å². The molecule has 3 heterocycles. The lowest BCUT2D eigenvalue weighted by Crippen LogP contribution is -2.48. The van der Waals surface area contributed by atoms with E-state index < -0.39 is 36.1 Å². The SMILES string of the molecule is CC1(C)OC(=O)N2C1C(F)(F)C[C@H]2COc1cnccc1Br. The van der Waals surface area contributed by atoms with Gasteiger partial charge in [-0.1, -0.05) is 0 Å². The molecule has 2 atom stereocenters. The number of carbonyl (C=O) groups excluding carboxylic acids is 1. The van der Waals surface area contributed by atoms with Gasteiger partial charge < -0.3 is 9.47 Å². The summed E-state index contributed by atoms with van der Waals surface area (Å²) in [6, 6.07) is -0.311. The van der Waals surface area contributed by atoms with Crippen LogP contribution in [0.15, 0.2) is 22.9 Å². The molecule has 2 saturated heterocycles. The number of ether oxygens (including phenoxy) is 2. The van der Waals surface area contributed by atoms with E-state index in [0.29, 0.717) is 10.2 Å². The normalized spacial score (nSPS) is 28.4. The lowest BCUT2D eigenvalue weighted by Gasteiger charge is -2.28. The van der Waals surface area contributed by atoms with Crippen LogP contribution in [0.2, 0.25) is 0 Å². The molecule has 1 unspecified atom stereocenters. The number of carbonyl (C=O) groups is 1. The number of amides is 1. The van der Waals surface area contributed by atoms with Gasteiger partial charge in [0, 0.05) is 12.6 Å². The molecule has 2 fully saturated rings. The lowest BCUT2D eigenvalue weighted by molar-refractivity contribution is -0.0701. The molecule has 0 radical (unpaired) electrons. The summed E-state index contributed by atoms with van der Waals surface area (Å²) in [4.78, 5) is 17.0. The van der Waals surface area contributed by atoms with Gasteiger partial charge in [0.15, 0.2) is 5.75 Å². The monoisotopic (exact) mass is 376 g/mol. The van der Waals surface area contributed by atoms with Crippen LogP contribution in [-0.4, -0.2) is 46.2 Å². The molecule has 1 aromatic rings. The molecule has 0 aliphatic carbocycles. The zero-order chi connectivity index (χ0) is 16.1. The fourth-order valence-electron chi connectivity index (χ4n) is 3.16. The summed E-state index contributed by atoms with van der Waals surface area (Å²) >= 11 is 3.30. The number of cyclic esters (lactones) is 1. The Labute approximate surface area is 134 Å². The molecular weight excluding hydrogens is 362 g/mol. The number of hydrogen-bond donors (Lipinski definition) is 0. The minimum atomic E-state index is -3.00. The van der Waals surface area contributed by atoms with E-state index in [2.05, 4.69) is 20.9 Å². The van der Waals surface area contributed by atoms with E-state index in [1.165, 1.54) is 20.0 Å². The number of rotatable bonds is 3. The number of fused-ring (bicyclic) bond motifs is 1. The van der Waals surface area contributed by atoms with E-state index in [1.807, 2.05) is 0 Å². The molecule has 0 aromatic carbocycles. The first-order valence-corrected chi connectivity index (χ1v) is 7.63. The largest absolute Gasteiger partial charge is 0.489 e. The molecule has 2 aliphatic rings. The summed E-state index contributed by atoms with van der Waals surface area (Å²) in [5, 5.41) is 0. The van der Waals surface area contributed by atoms with Gasteiger partial charge in [0.1, 0.15) is 18.2 Å². The van der Waals surface area contributed by atoms with Gasteiger partial charge in [-0.3, -0.25) is 9.88 Å². The number of halogens is 3. The van der Waals surface area contributed by atoms with Crippen molar-refractivity contribution in [1.29, 1.82) is 0 Å². The van der Waals surface area contributed by atoms with Gasteiger partial charge in [-0.15, -0.1) is 0 Å². The zero-order valence-corrected chi connectivity index (χ0v) is 13.6. The first kappa shape index (κ1) is 15.5. The molecule has 2 aliphatic heterocycles. The Hall–Kier alpha value is -1.44. The zero-order valence-electron chi connectivity index (χ0n) is 12.1. The third-order valence-electron chi connectivity index (χ3n) is 3.96. The number of aromatic nitrogens is 1. The summed E-state index contributed by atoms with van der Waals surface area (Å²) in [7, 11) is 0. The van der Waals surface area contributed by atoms with Gasteiger partial charge in [-0.25, -0.2) is 13.6 Å². The molecule has 1 aromatic heterocycles. The van der Waals surface area contributed by atoms with Crippen molar-refractivity contribution < 1.29 is 23.0 Å². The maximum absolute atomic E-state index is 14.3. The van der Waals surface area contributed by atoms with Crippen molar-refractivity contribution in [2.45, 2.75) is 43.9 Å². The van der Waals surface area contributed by atoms with E-state index in [9.17, 15) is 13.6 Å². The highest BCUT2D eigenvalue weighted by atomic mass is 79.9. The van der Waals surface area contributed by atoms with Gasteiger partial charge in [-0.05, 0) is 35.8 Å². The molecule has 3 rings (SSSR count). The number of hydrogen-bond acceptors (Lipinski definition) is 4. The molecule has 22 heavy (non-hydrogen) atoms. The molecule has 8 heteroatoms. The molecule has 0 saturated carbocycles. The van der Waals surface area contributed by atoms with Crippen LogP contribution in [0, 0.1) is 0 Å². The van der Waals surface area contributed by atoms with E-state index in [0.717, 1.165) is 4.90 Å². The molecule has 120 valence electrons. The van der Waals surface area contributed by atoms with Crippen LogP contribution in [0.1, 0.15) is 20.3 Å². The lowest BCUT2D eigenvalue weighted by atomic mass is 9.94. The van der Waals surface area contributed by atoms with Gasteiger partial charge >= 0.3 is 6.09 Å². The molecule has 1 amide bonds. The Balaban J connectivity index is 1.78. The highest BCUT2D eigenvalue weighted by Crippen LogP contribution is 2.48. The van der Waals surface area contributed by atoms with Crippen molar-refractivity contribution in [2.75, 3.05) is 6.61 Å². The number of nitrogens with zero attached hydrogens (tertiary/aromatic N) is 2. The Morgan fingerprint density at radius 2 is 2.27 bits per heavy atom. The first-order chi connectivity index (χ1) is 10.2. The standard InChI is InChI=1S/C14H15BrF2N2O3/c1-13(2)11-14(16,17)5-8(19(11)12(20)22-13)7-21-10-6-18-4-3-9(10)15/h3-4,6,8,11H,5,7H2,1-2H3/t8-,11?/m0/s1. The predicted octanol–water partition coefficient (Wildman–Crippen LogP) is 3.23. The molecular formula is C14H15BrF2N2O3. The van der Waals surface area contributed by atoms with E-state index in [-0.39, 0.29) is 6.61 Å². The van der Waals surface area contributed by atoms with Crippen molar-refractivity contribution in [3.05, 3.63) is 22.9 Å². The van der Waals surface area contributed by atoms with Crippen LogP contribution in [0.3, 0.4) is 0 Å². The topological polar surface area (TPSA) is 51.7 Å². The third-order valence-corrected chi connectivity index (χ3v) is 4.62. The minimum absolute atomic E-state index is 0.0401. The highest BCUT2D eigenvalue weighted by molar-refractivity contribution is 9.10. The van der Waals surface area contributed by atoms with Gasteiger partial charge in [0.05, 0.1) is 16.7 Å². The summed E-state index contributed by atoms with van der Waals surface area (Å²) < 4.78 is 39.9. The maximum atomic E-state index is 14.3. The maximum Gasteiger partial charge on any atom is 0.411 e.